The highest BCUT2D eigenvalue weighted by molar-refractivity contribution is 7.89. The molecule has 2 aliphatic rings. The molecule has 0 bridgehead atoms. The number of nitrogens with one attached hydrogen (secondary N) is 1. The molecule has 0 saturated carbocycles. The summed E-state index contributed by atoms with van der Waals surface area (Å²) in [6.45, 7) is 9.98. The van der Waals surface area contributed by atoms with Gasteiger partial charge in [0.25, 0.3) is 0 Å². The molecule has 3 unspecified atom stereocenters. The molecule has 0 aliphatic carbocycles. The van der Waals surface area contributed by atoms with Gasteiger partial charge in [0.1, 0.15) is 4.90 Å². The molecule has 7 nitrogen and oxygen atoms in total. The minimum Gasteiger partial charge on any atom is -0.323 e. The standard InChI is InChI=1S/C25H36N4O3S/c1-5-18(3)17-29-24(30)22(19(4)6-2)27-25(29)12-15-28(16-13-25)33(31,32)21-11-7-9-20-10-8-14-26-23(20)21/h7-11,14,18-19,22,27H,5-6,12-13,15-17H2,1-4H3. The van der Waals surface area contributed by atoms with Crippen molar-refractivity contribution >= 4 is 26.8 Å². The molecule has 2 aromatic rings. The largest absolute Gasteiger partial charge is 0.323 e. The molecule has 2 saturated heterocycles. The van der Waals surface area contributed by atoms with Gasteiger partial charge in [-0.15, -0.1) is 0 Å². The zero-order valence-electron chi connectivity index (χ0n) is 20.1. The highest BCUT2D eigenvalue weighted by Crippen LogP contribution is 2.37. The van der Waals surface area contributed by atoms with E-state index in [2.05, 4.69) is 38.0 Å². The summed E-state index contributed by atoms with van der Waals surface area (Å²) in [6, 6.07) is 8.77. The van der Waals surface area contributed by atoms with Crippen LogP contribution >= 0.6 is 0 Å². The summed E-state index contributed by atoms with van der Waals surface area (Å²) in [7, 11) is -3.69. The second kappa shape index (κ2) is 9.31. The molecule has 180 valence electrons. The van der Waals surface area contributed by atoms with Crippen LogP contribution in [0, 0.1) is 11.8 Å². The molecule has 3 atom stereocenters. The Balaban J connectivity index is 1.60. The van der Waals surface area contributed by atoms with Crippen LogP contribution in [0.3, 0.4) is 0 Å². The Morgan fingerprint density at radius 3 is 2.48 bits per heavy atom. The average Bonchev–Trinajstić information content (AvgIpc) is 3.09. The molecule has 8 heteroatoms. The second-order valence-corrected chi connectivity index (χ2v) is 11.6. The van der Waals surface area contributed by atoms with Crippen LogP contribution in [0.1, 0.15) is 53.4 Å². The van der Waals surface area contributed by atoms with Gasteiger partial charge in [0.15, 0.2) is 0 Å². The Bertz CT molecular complexity index is 1110. The molecule has 2 aliphatic heterocycles. The third kappa shape index (κ3) is 4.29. The molecule has 2 fully saturated rings. The summed E-state index contributed by atoms with van der Waals surface area (Å²) in [5.41, 5.74) is 0.0298. The van der Waals surface area contributed by atoms with E-state index in [1.807, 2.05) is 23.1 Å². The van der Waals surface area contributed by atoms with Crippen molar-refractivity contribution in [2.24, 2.45) is 11.8 Å². The van der Waals surface area contributed by atoms with E-state index in [1.165, 1.54) is 0 Å². The van der Waals surface area contributed by atoms with Crippen molar-refractivity contribution in [2.75, 3.05) is 19.6 Å². The van der Waals surface area contributed by atoms with Crippen molar-refractivity contribution in [3.63, 3.8) is 0 Å². The maximum absolute atomic E-state index is 13.6. The normalized spacial score (nSPS) is 23.3. The summed E-state index contributed by atoms with van der Waals surface area (Å²) in [5.74, 6) is 0.797. The van der Waals surface area contributed by atoms with Gasteiger partial charge in [-0.2, -0.15) is 4.31 Å². The molecule has 3 heterocycles. The van der Waals surface area contributed by atoms with Gasteiger partial charge >= 0.3 is 0 Å². The number of hydrogen-bond donors (Lipinski definition) is 1. The molecule has 1 spiro atoms. The van der Waals surface area contributed by atoms with Crippen molar-refractivity contribution in [1.82, 2.24) is 19.5 Å². The number of carbonyl (C=O) groups is 1. The molecular weight excluding hydrogens is 436 g/mol. The lowest BCUT2D eigenvalue weighted by Crippen LogP contribution is -2.60. The van der Waals surface area contributed by atoms with Gasteiger partial charge in [0.05, 0.1) is 17.2 Å². The quantitative estimate of drug-likeness (QED) is 0.666. The number of para-hydroxylation sites is 1. The average molecular weight is 473 g/mol. The Hall–Kier alpha value is -2.03. The van der Waals surface area contributed by atoms with E-state index in [1.54, 1.807) is 22.6 Å². The molecule has 1 aromatic heterocycles. The van der Waals surface area contributed by atoms with E-state index in [0.29, 0.717) is 43.9 Å². The predicted octanol–water partition coefficient (Wildman–Crippen LogP) is 3.61. The van der Waals surface area contributed by atoms with Crippen LogP contribution < -0.4 is 5.32 Å². The third-order valence-electron chi connectivity index (χ3n) is 7.64. The number of carbonyl (C=O) groups excluding carboxylic acids is 1. The predicted molar refractivity (Wildman–Crippen MR) is 130 cm³/mol. The van der Waals surface area contributed by atoms with Crippen LogP contribution in [-0.2, 0) is 14.8 Å². The second-order valence-electron chi connectivity index (χ2n) is 9.74. The zero-order chi connectivity index (χ0) is 23.8. The summed E-state index contributed by atoms with van der Waals surface area (Å²) in [4.78, 5) is 20.0. The first-order valence-corrected chi connectivity index (χ1v) is 13.6. The van der Waals surface area contributed by atoms with Crippen molar-refractivity contribution in [2.45, 2.75) is 70.0 Å². The van der Waals surface area contributed by atoms with E-state index in [9.17, 15) is 13.2 Å². The van der Waals surface area contributed by atoms with E-state index >= 15 is 0 Å². The number of fused-ring (bicyclic) bond motifs is 1. The number of hydrogen-bond acceptors (Lipinski definition) is 5. The Labute approximate surface area is 197 Å². The lowest BCUT2D eigenvalue weighted by molar-refractivity contribution is -0.134. The number of aromatic nitrogens is 1. The number of rotatable bonds is 7. The van der Waals surface area contributed by atoms with Gasteiger partial charge < -0.3 is 4.90 Å². The van der Waals surface area contributed by atoms with Crippen molar-refractivity contribution in [3.05, 3.63) is 36.5 Å². The first-order chi connectivity index (χ1) is 15.7. The van der Waals surface area contributed by atoms with Gasteiger partial charge in [-0.1, -0.05) is 58.7 Å². The lowest BCUT2D eigenvalue weighted by atomic mass is 9.95. The third-order valence-corrected chi connectivity index (χ3v) is 9.57. The van der Waals surface area contributed by atoms with E-state index in [4.69, 9.17) is 0 Å². The van der Waals surface area contributed by atoms with Gasteiger partial charge in [0.2, 0.25) is 15.9 Å². The maximum Gasteiger partial charge on any atom is 0.245 e. The number of nitrogens with zero attached hydrogens (tertiary/aromatic N) is 3. The van der Waals surface area contributed by atoms with Crippen LogP contribution in [0.15, 0.2) is 41.4 Å². The highest BCUT2D eigenvalue weighted by Gasteiger charge is 2.53. The molecular formula is C25H36N4O3S. The Morgan fingerprint density at radius 2 is 1.82 bits per heavy atom. The van der Waals surface area contributed by atoms with E-state index in [-0.39, 0.29) is 22.8 Å². The number of sulfonamides is 1. The highest BCUT2D eigenvalue weighted by atomic mass is 32.2. The zero-order valence-corrected chi connectivity index (χ0v) is 20.9. The summed E-state index contributed by atoms with van der Waals surface area (Å²) < 4.78 is 28.7. The Kier molecular flexibility index (Phi) is 6.80. The fourth-order valence-corrected chi connectivity index (χ4v) is 6.68. The molecule has 33 heavy (non-hydrogen) atoms. The minimum atomic E-state index is -3.69. The van der Waals surface area contributed by atoms with Crippen LogP contribution in [0.2, 0.25) is 0 Å². The van der Waals surface area contributed by atoms with E-state index < -0.39 is 15.7 Å². The van der Waals surface area contributed by atoms with Crippen LogP contribution in [0.5, 0.6) is 0 Å². The number of piperidine rings is 1. The molecule has 1 N–H and O–H groups in total. The fourth-order valence-electron chi connectivity index (χ4n) is 5.07. The first kappa shape index (κ1) is 24.1. The summed E-state index contributed by atoms with van der Waals surface area (Å²) >= 11 is 0. The van der Waals surface area contributed by atoms with Crippen LogP contribution in [0.25, 0.3) is 10.9 Å². The monoisotopic (exact) mass is 472 g/mol. The molecule has 0 radical (unpaired) electrons. The Morgan fingerprint density at radius 1 is 1.12 bits per heavy atom. The smallest absolute Gasteiger partial charge is 0.245 e. The minimum absolute atomic E-state index is 0.166. The number of benzene rings is 1. The van der Waals surface area contributed by atoms with Crippen molar-refractivity contribution in [3.8, 4) is 0 Å². The lowest BCUT2D eigenvalue weighted by Gasteiger charge is -2.45. The topological polar surface area (TPSA) is 82.6 Å². The number of pyridine rings is 1. The maximum atomic E-state index is 13.6. The molecule has 1 aromatic carbocycles. The van der Waals surface area contributed by atoms with Crippen LogP contribution in [0.4, 0.5) is 0 Å². The number of amides is 1. The van der Waals surface area contributed by atoms with Gasteiger partial charge in [0, 0.05) is 31.2 Å². The molecule has 1 amide bonds. The van der Waals surface area contributed by atoms with Crippen molar-refractivity contribution < 1.29 is 13.2 Å². The SMILES string of the molecule is CCC(C)CN1C(=O)C(C(C)CC)NC12CCN(S(=O)(=O)c1cccc3cccnc13)CC2. The van der Waals surface area contributed by atoms with Gasteiger partial charge in [-0.3, -0.25) is 15.1 Å². The van der Waals surface area contributed by atoms with Crippen LogP contribution in [-0.4, -0.2) is 59.9 Å². The molecule has 4 rings (SSSR count). The van der Waals surface area contributed by atoms with E-state index in [0.717, 1.165) is 18.2 Å². The van der Waals surface area contributed by atoms with Gasteiger partial charge in [-0.25, -0.2) is 8.42 Å². The summed E-state index contributed by atoms with van der Waals surface area (Å²) in [5, 5.41) is 4.48. The first-order valence-electron chi connectivity index (χ1n) is 12.2. The summed E-state index contributed by atoms with van der Waals surface area (Å²) in [6.07, 6.45) is 4.72. The van der Waals surface area contributed by atoms with Crippen molar-refractivity contribution in [1.29, 1.82) is 0 Å². The fraction of sp³-hybridized carbons (Fsp3) is 0.600. The van der Waals surface area contributed by atoms with Gasteiger partial charge in [-0.05, 0) is 36.8 Å².